The van der Waals surface area contributed by atoms with Gasteiger partial charge >= 0.3 is 0 Å². The Labute approximate surface area is 161 Å². The van der Waals surface area contributed by atoms with E-state index in [4.69, 9.17) is 21.1 Å². The summed E-state index contributed by atoms with van der Waals surface area (Å²) < 4.78 is 24.0. The van der Waals surface area contributed by atoms with Crippen molar-refractivity contribution in [2.24, 2.45) is 0 Å². The lowest BCUT2D eigenvalue weighted by Gasteiger charge is -2.10. The Morgan fingerprint density at radius 2 is 1.74 bits per heavy atom. The Bertz CT molecular complexity index is 893. The molecule has 1 heterocycles. The summed E-state index contributed by atoms with van der Waals surface area (Å²) in [6, 6.07) is 13.5. The molecule has 2 aromatic carbocycles. The first-order chi connectivity index (χ1) is 13.1. The second kappa shape index (κ2) is 9.05. The zero-order valence-electron chi connectivity index (χ0n) is 14.6. The van der Waals surface area contributed by atoms with E-state index in [-0.39, 0.29) is 5.02 Å². The van der Waals surface area contributed by atoms with Crippen LogP contribution in [-0.2, 0) is 0 Å². The molecule has 0 aliphatic heterocycles. The van der Waals surface area contributed by atoms with E-state index >= 15 is 0 Å². The number of anilines is 3. The fourth-order valence-corrected chi connectivity index (χ4v) is 2.44. The van der Waals surface area contributed by atoms with Crippen LogP contribution in [0.1, 0.15) is 0 Å². The maximum Gasteiger partial charge on any atom is 0.141 e. The van der Waals surface area contributed by atoms with Crippen molar-refractivity contribution in [2.45, 2.75) is 0 Å². The maximum atomic E-state index is 13.2. The second-order valence-corrected chi connectivity index (χ2v) is 5.90. The fourth-order valence-electron chi connectivity index (χ4n) is 2.26. The summed E-state index contributed by atoms with van der Waals surface area (Å²) in [5, 5.41) is 6.26. The van der Waals surface area contributed by atoms with Crippen LogP contribution in [0.2, 0.25) is 5.02 Å². The molecule has 0 fully saturated rings. The minimum absolute atomic E-state index is 0.0445. The van der Waals surface area contributed by atoms with Crippen molar-refractivity contribution in [3.8, 4) is 11.5 Å². The average Bonchev–Trinajstić information content (AvgIpc) is 2.69. The number of hydrogen-bond donors (Lipinski definition) is 2. The molecule has 0 spiro atoms. The van der Waals surface area contributed by atoms with Crippen LogP contribution in [0.15, 0.2) is 54.9 Å². The SMILES string of the molecule is COc1ccc(OCCNc2cc(Nc3ccc(F)c(Cl)c3)ncn2)cc1. The first-order valence-electron chi connectivity index (χ1n) is 8.19. The molecule has 6 nitrogen and oxygen atoms in total. The van der Waals surface area contributed by atoms with Gasteiger partial charge in [0.15, 0.2) is 0 Å². The van der Waals surface area contributed by atoms with E-state index in [0.717, 1.165) is 11.5 Å². The molecule has 0 saturated heterocycles. The maximum absolute atomic E-state index is 13.2. The highest BCUT2D eigenvalue weighted by Crippen LogP contribution is 2.22. The molecule has 1 aromatic heterocycles. The summed E-state index contributed by atoms with van der Waals surface area (Å²) in [6.45, 7) is 1.03. The third kappa shape index (κ3) is 5.46. The average molecular weight is 389 g/mol. The highest BCUT2D eigenvalue weighted by Gasteiger charge is 2.03. The molecule has 27 heavy (non-hydrogen) atoms. The smallest absolute Gasteiger partial charge is 0.141 e. The van der Waals surface area contributed by atoms with Crippen molar-refractivity contribution in [1.29, 1.82) is 0 Å². The quantitative estimate of drug-likeness (QED) is 0.553. The molecule has 0 atom stereocenters. The molecule has 3 rings (SSSR count). The topological polar surface area (TPSA) is 68.3 Å². The molecule has 0 aliphatic carbocycles. The highest BCUT2D eigenvalue weighted by molar-refractivity contribution is 6.31. The number of halogens is 2. The third-order valence-corrected chi connectivity index (χ3v) is 3.89. The highest BCUT2D eigenvalue weighted by atomic mass is 35.5. The van der Waals surface area contributed by atoms with Gasteiger partial charge in [0.2, 0.25) is 0 Å². The largest absolute Gasteiger partial charge is 0.497 e. The van der Waals surface area contributed by atoms with Gasteiger partial charge in [-0.05, 0) is 42.5 Å². The summed E-state index contributed by atoms with van der Waals surface area (Å²) in [5.41, 5.74) is 0.633. The van der Waals surface area contributed by atoms with Gasteiger partial charge in [0.05, 0.1) is 18.7 Å². The summed E-state index contributed by atoms with van der Waals surface area (Å²) in [7, 11) is 1.62. The van der Waals surface area contributed by atoms with E-state index in [9.17, 15) is 4.39 Å². The number of nitrogens with zero attached hydrogens (tertiary/aromatic N) is 2. The van der Waals surface area contributed by atoms with Gasteiger partial charge in [-0.15, -0.1) is 0 Å². The zero-order valence-corrected chi connectivity index (χ0v) is 15.3. The van der Waals surface area contributed by atoms with Crippen LogP contribution < -0.4 is 20.1 Å². The van der Waals surface area contributed by atoms with Crippen molar-refractivity contribution in [3.05, 3.63) is 65.7 Å². The van der Waals surface area contributed by atoms with Crippen molar-refractivity contribution in [1.82, 2.24) is 9.97 Å². The Balaban J connectivity index is 1.50. The molecule has 0 saturated carbocycles. The summed E-state index contributed by atoms with van der Waals surface area (Å²) in [4.78, 5) is 8.30. The summed E-state index contributed by atoms with van der Waals surface area (Å²) >= 11 is 5.78. The van der Waals surface area contributed by atoms with E-state index in [1.807, 2.05) is 24.3 Å². The van der Waals surface area contributed by atoms with Gasteiger partial charge in [0, 0.05) is 11.8 Å². The molecule has 0 bridgehead atoms. The molecule has 2 N–H and O–H groups in total. The number of ether oxygens (including phenoxy) is 2. The normalized spacial score (nSPS) is 10.3. The van der Waals surface area contributed by atoms with Gasteiger partial charge in [0.25, 0.3) is 0 Å². The van der Waals surface area contributed by atoms with Crippen LogP contribution in [0.5, 0.6) is 11.5 Å². The summed E-state index contributed by atoms with van der Waals surface area (Å²) in [6.07, 6.45) is 1.43. The van der Waals surface area contributed by atoms with Gasteiger partial charge < -0.3 is 20.1 Å². The van der Waals surface area contributed by atoms with Crippen molar-refractivity contribution in [3.63, 3.8) is 0 Å². The van der Waals surface area contributed by atoms with Crippen LogP contribution in [-0.4, -0.2) is 30.2 Å². The number of aromatic nitrogens is 2. The molecular weight excluding hydrogens is 371 g/mol. The Kier molecular flexibility index (Phi) is 6.27. The zero-order chi connectivity index (χ0) is 19.1. The van der Waals surface area contributed by atoms with E-state index in [2.05, 4.69) is 20.6 Å². The molecule has 0 amide bonds. The predicted octanol–water partition coefficient (Wildman–Crippen LogP) is 4.51. The molecule has 3 aromatic rings. The van der Waals surface area contributed by atoms with Crippen molar-refractivity contribution < 1.29 is 13.9 Å². The van der Waals surface area contributed by atoms with E-state index < -0.39 is 5.82 Å². The molecule has 0 radical (unpaired) electrons. The number of nitrogens with one attached hydrogen (secondary N) is 2. The Hall–Kier alpha value is -3.06. The van der Waals surface area contributed by atoms with Crippen LogP contribution in [0.4, 0.5) is 21.7 Å². The molecular formula is C19H18ClFN4O2. The van der Waals surface area contributed by atoms with Crippen LogP contribution in [0.25, 0.3) is 0 Å². The molecule has 0 unspecified atom stereocenters. The lowest BCUT2D eigenvalue weighted by atomic mass is 10.3. The minimum Gasteiger partial charge on any atom is -0.497 e. The monoisotopic (exact) mass is 388 g/mol. The predicted molar refractivity (Wildman–Crippen MR) is 104 cm³/mol. The summed E-state index contributed by atoms with van der Waals surface area (Å²) in [5.74, 6) is 2.27. The number of rotatable bonds is 8. The van der Waals surface area contributed by atoms with Gasteiger partial charge in [-0.25, -0.2) is 14.4 Å². The molecule has 140 valence electrons. The third-order valence-electron chi connectivity index (χ3n) is 3.60. The first-order valence-corrected chi connectivity index (χ1v) is 8.57. The molecule has 0 aliphatic rings. The lowest BCUT2D eigenvalue weighted by Crippen LogP contribution is -2.12. The second-order valence-electron chi connectivity index (χ2n) is 5.49. The van der Waals surface area contributed by atoms with E-state index in [0.29, 0.717) is 30.5 Å². The standard InChI is InChI=1S/C19H18ClFN4O2/c1-26-14-3-5-15(6-4-14)27-9-8-22-18-11-19(24-12-23-18)25-13-2-7-17(21)16(20)10-13/h2-7,10-12H,8-9H2,1H3,(H2,22,23,24,25). The lowest BCUT2D eigenvalue weighted by molar-refractivity contribution is 0.331. The number of methoxy groups -OCH3 is 1. The fraction of sp³-hybridized carbons (Fsp3) is 0.158. The van der Waals surface area contributed by atoms with Crippen LogP contribution in [0, 0.1) is 5.82 Å². The van der Waals surface area contributed by atoms with Gasteiger partial charge in [-0.2, -0.15) is 0 Å². The van der Waals surface area contributed by atoms with Crippen LogP contribution >= 0.6 is 11.6 Å². The van der Waals surface area contributed by atoms with E-state index in [1.165, 1.54) is 18.5 Å². The van der Waals surface area contributed by atoms with Crippen LogP contribution in [0.3, 0.4) is 0 Å². The Morgan fingerprint density at radius 1 is 1.00 bits per heavy atom. The van der Waals surface area contributed by atoms with Gasteiger partial charge in [-0.1, -0.05) is 11.6 Å². The van der Waals surface area contributed by atoms with Crippen molar-refractivity contribution in [2.75, 3.05) is 30.9 Å². The van der Waals surface area contributed by atoms with Gasteiger partial charge in [0.1, 0.15) is 41.9 Å². The first kappa shape index (κ1) is 18.7. The van der Waals surface area contributed by atoms with Gasteiger partial charge in [-0.3, -0.25) is 0 Å². The number of hydrogen-bond acceptors (Lipinski definition) is 6. The molecule has 8 heteroatoms. The Morgan fingerprint density at radius 3 is 2.48 bits per heavy atom. The number of benzene rings is 2. The van der Waals surface area contributed by atoms with E-state index in [1.54, 1.807) is 19.2 Å². The minimum atomic E-state index is -0.468. The van der Waals surface area contributed by atoms with Crippen molar-refractivity contribution >= 4 is 28.9 Å².